The average molecular weight is 578 g/mol. The van der Waals surface area contributed by atoms with Crippen LogP contribution in [-0.4, -0.2) is 30.8 Å². The van der Waals surface area contributed by atoms with Crippen molar-refractivity contribution in [2.75, 3.05) is 13.7 Å². The molecule has 224 valence electrons. The molecule has 0 heterocycles. The van der Waals surface area contributed by atoms with Crippen molar-refractivity contribution in [1.82, 2.24) is 5.32 Å². The van der Waals surface area contributed by atoms with Crippen molar-refractivity contribution in [1.29, 1.82) is 0 Å². The number of fused-ring (bicyclic) bond motifs is 1. The van der Waals surface area contributed by atoms with Crippen LogP contribution in [0, 0.1) is 17.0 Å². The highest BCUT2D eigenvalue weighted by Crippen LogP contribution is 2.51. The third kappa shape index (κ3) is 5.89. The quantitative estimate of drug-likeness (QED) is 0.256. The minimum atomic E-state index is -0.977. The van der Waals surface area contributed by atoms with Gasteiger partial charge in [0.15, 0.2) is 11.6 Å². The molecule has 7 heteroatoms. The van der Waals surface area contributed by atoms with Crippen molar-refractivity contribution in [3.05, 3.63) is 82.4 Å². The van der Waals surface area contributed by atoms with Crippen molar-refractivity contribution < 1.29 is 28.2 Å². The Morgan fingerprint density at radius 1 is 1.07 bits per heavy atom. The highest BCUT2D eigenvalue weighted by molar-refractivity contribution is 5.75. The molecule has 0 aromatic heterocycles. The summed E-state index contributed by atoms with van der Waals surface area (Å²) in [5.74, 6) is -1.28. The van der Waals surface area contributed by atoms with Gasteiger partial charge < -0.3 is 19.9 Å². The van der Waals surface area contributed by atoms with E-state index in [2.05, 4.69) is 25.2 Å². The Hall–Kier alpha value is -3.45. The van der Waals surface area contributed by atoms with Crippen LogP contribution in [0.25, 0.3) is 11.1 Å². The molecular weight excluding hydrogens is 536 g/mol. The van der Waals surface area contributed by atoms with Gasteiger partial charge in [-0.25, -0.2) is 8.78 Å². The molecule has 3 unspecified atom stereocenters. The molecule has 0 saturated heterocycles. The highest BCUT2D eigenvalue weighted by Gasteiger charge is 2.38. The second-order valence-corrected chi connectivity index (χ2v) is 12.3. The van der Waals surface area contributed by atoms with Gasteiger partial charge in [-0.3, -0.25) is 4.79 Å². The first-order valence-corrected chi connectivity index (χ1v) is 15.0. The maximum absolute atomic E-state index is 16.0. The van der Waals surface area contributed by atoms with Crippen LogP contribution in [0.15, 0.2) is 48.5 Å². The summed E-state index contributed by atoms with van der Waals surface area (Å²) in [6.45, 7) is 6.99. The number of carbonyl (C=O) groups is 1. The predicted molar refractivity (Wildman–Crippen MR) is 160 cm³/mol. The molecule has 1 fully saturated rings. The normalized spacial score (nSPS) is 20.1. The first-order valence-electron chi connectivity index (χ1n) is 15.0. The van der Waals surface area contributed by atoms with Gasteiger partial charge in [0.2, 0.25) is 0 Å². The van der Waals surface area contributed by atoms with Gasteiger partial charge in [0.05, 0.1) is 7.11 Å². The second-order valence-electron chi connectivity index (χ2n) is 12.3. The number of ether oxygens (including phenoxy) is 2. The van der Waals surface area contributed by atoms with E-state index in [1.54, 1.807) is 25.3 Å². The van der Waals surface area contributed by atoms with Crippen LogP contribution in [0.3, 0.4) is 0 Å². The van der Waals surface area contributed by atoms with Gasteiger partial charge in [-0.2, -0.15) is 0 Å². The minimum Gasteiger partial charge on any atom is -0.497 e. The molecule has 3 atom stereocenters. The van der Waals surface area contributed by atoms with E-state index in [9.17, 15) is 9.90 Å². The lowest BCUT2D eigenvalue weighted by Crippen LogP contribution is -2.43. The number of hydrogen-bond acceptors (Lipinski definition) is 4. The van der Waals surface area contributed by atoms with Gasteiger partial charge in [0.25, 0.3) is 0 Å². The Morgan fingerprint density at radius 2 is 1.88 bits per heavy atom. The van der Waals surface area contributed by atoms with Crippen molar-refractivity contribution >= 4 is 5.97 Å². The molecular formula is C35H41F2NO4. The van der Waals surface area contributed by atoms with Crippen molar-refractivity contribution in [2.24, 2.45) is 5.41 Å². The number of halogens is 2. The summed E-state index contributed by atoms with van der Waals surface area (Å²) < 4.78 is 42.6. The van der Waals surface area contributed by atoms with Crippen LogP contribution < -0.4 is 14.8 Å². The molecule has 0 bridgehead atoms. The van der Waals surface area contributed by atoms with E-state index in [0.717, 1.165) is 47.9 Å². The molecule has 1 saturated carbocycles. The maximum atomic E-state index is 16.0. The van der Waals surface area contributed by atoms with E-state index in [0.29, 0.717) is 36.3 Å². The molecule has 2 N–H and O–H groups in total. The van der Waals surface area contributed by atoms with E-state index in [1.807, 2.05) is 25.1 Å². The molecule has 3 aromatic carbocycles. The molecule has 3 aromatic rings. The average Bonchev–Trinajstić information content (AvgIpc) is 3.34. The SMILES string of the molecule is CCNC(C(=O)O)C1CCCc2ccc(OCc3ccc(-c4cc(OC)ccc4F)c(C4CCCC4(C)C)c3)c(F)c21. The summed E-state index contributed by atoms with van der Waals surface area (Å²) in [6.07, 6.45) is 5.32. The number of nitrogens with one attached hydrogen (secondary N) is 1. The molecule has 42 heavy (non-hydrogen) atoms. The smallest absolute Gasteiger partial charge is 0.321 e. The molecule has 5 nitrogen and oxygen atoms in total. The first-order chi connectivity index (χ1) is 20.1. The summed E-state index contributed by atoms with van der Waals surface area (Å²) in [5, 5.41) is 12.9. The molecule has 2 aliphatic rings. The van der Waals surface area contributed by atoms with Crippen LogP contribution >= 0.6 is 0 Å². The summed E-state index contributed by atoms with van der Waals surface area (Å²) in [4.78, 5) is 12.0. The van der Waals surface area contributed by atoms with Gasteiger partial charge in [-0.15, -0.1) is 0 Å². The van der Waals surface area contributed by atoms with Gasteiger partial charge >= 0.3 is 5.97 Å². The van der Waals surface area contributed by atoms with Crippen LogP contribution in [0.2, 0.25) is 0 Å². The topological polar surface area (TPSA) is 67.8 Å². The summed E-state index contributed by atoms with van der Waals surface area (Å²) in [5.41, 5.74) is 4.60. The minimum absolute atomic E-state index is 0.0520. The molecule has 0 amide bonds. The van der Waals surface area contributed by atoms with Crippen LogP contribution in [0.4, 0.5) is 8.78 Å². The third-order valence-corrected chi connectivity index (χ3v) is 9.27. The monoisotopic (exact) mass is 577 g/mol. The lowest BCUT2D eigenvalue weighted by Gasteiger charge is -2.31. The first kappa shape index (κ1) is 30.0. The van der Waals surface area contributed by atoms with E-state index in [4.69, 9.17) is 9.47 Å². The van der Waals surface area contributed by atoms with Crippen molar-refractivity contribution in [2.45, 2.75) is 83.8 Å². The van der Waals surface area contributed by atoms with Crippen LogP contribution in [-0.2, 0) is 17.8 Å². The fraction of sp³-hybridized carbons (Fsp3) is 0.457. The van der Waals surface area contributed by atoms with E-state index < -0.39 is 23.7 Å². The van der Waals surface area contributed by atoms with E-state index in [1.165, 1.54) is 6.07 Å². The fourth-order valence-corrected chi connectivity index (χ4v) is 7.09. The number of carboxylic acid groups (broad SMARTS) is 1. The van der Waals surface area contributed by atoms with Crippen LogP contribution in [0.5, 0.6) is 11.5 Å². The number of rotatable bonds is 10. The summed E-state index contributed by atoms with van der Waals surface area (Å²) >= 11 is 0. The van der Waals surface area contributed by atoms with Gasteiger partial charge in [0, 0.05) is 17.0 Å². The predicted octanol–water partition coefficient (Wildman–Crippen LogP) is 8.00. The Labute approximate surface area is 247 Å². The number of benzene rings is 3. The number of aryl methyl sites for hydroxylation is 1. The number of methoxy groups -OCH3 is 1. The number of likely N-dealkylation sites (N-methyl/N-ethyl adjacent to an activating group) is 1. The lowest BCUT2D eigenvalue weighted by molar-refractivity contribution is -0.140. The summed E-state index contributed by atoms with van der Waals surface area (Å²) in [7, 11) is 1.57. The molecule has 2 aliphatic carbocycles. The number of carboxylic acids is 1. The number of hydrogen-bond donors (Lipinski definition) is 2. The zero-order valence-electron chi connectivity index (χ0n) is 24.9. The Balaban J connectivity index is 1.48. The van der Waals surface area contributed by atoms with E-state index >= 15 is 8.78 Å². The van der Waals surface area contributed by atoms with Crippen molar-refractivity contribution in [3.63, 3.8) is 0 Å². The summed E-state index contributed by atoms with van der Waals surface area (Å²) in [6, 6.07) is 13.4. The Morgan fingerprint density at radius 3 is 2.57 bits per heavy atom. The zero-order chi connectivity index (χ0) is 30.0. The largest absolute Gasteiger partial charge is 0.497 e. The van der Waals surface area contributed by atoms with Crippen molar-refractivity contribution in [3.8, 4) is 22.6 Å². The van der Waals surface area contributed by atoms with Gasteiger partial charge in [0.1, 0.15) is 24.2 Å². The second kappa shape index (κ2) is 12.4. The standard InChI is InChI=1S/C35H41F2NO4/c1-5-38-33(34(39)40)25-9-6-8-22-12-16-30(32(37)31(22)25)42-20-21-11-14-24(27-19-23(41-4)13-15-29(27)36)26(18-21)28-10-7-17-35(28,2)3/h11-16,18-19,25,28,33,38H,5-10,17,20H2,1-4H3,(H,39,40). The molecule has 5 rings (SSSR count). The molecule has 0 spiro atoms. The number of aliphatic carboxylic acids is 1. The lowest BCUT2D eigenvalue weighted by atomic mass is 9.75. The zero-order valence-corrected chi connectivity index (χ0v) is 24.9. The Kier molecular flexibility index (Phi) is 8.88. The Bertz CT molecular complexity index is 1450. The molecule has 0 aliphatic heterocycles. The fourth-order valence-electron chi connectivity index (χ4n) is 7.09. The highest BCUT2D eigenvalue weighted by atomic mass is 19.1. The van der Waals surface area contributed by atoms with Gasteiger partial charge in [-0.1, -0.05) is 51.5 Å². The van der Waals surface area contributed by atoms with Gasteiger partial charge in [-0.05, 0) is 96.5 Å². The maximum Gasteiger partial charge on any atom is 0.321 e. The third-order valence-electron chi connectivity index (χ3n) is 9.27. The van der Waals surface area contributed by atoms with Crippen LogP contribution in [0.1, 0.15) is 87.0 Å². The van der Waals surface area contributed by atoms with E-state index in [-0.39, 0.29) is 29.5 Å². The molecule has 0 radical (unpaired) electrons.